The zero-order valence-electron chi connectivity index (χ0n) is 10.6. The molecular weight excluding hydrogens is 289 g/mol. The predicted molar refractivity (Wildman–Crippen MR) is 72.8 cm³/mol. The van der Waals surface area contributed by atoms with Gasteiger partial charge in [-0.25, -0.2) is 4.98 Å². The minimum atomic E-state index is -4.44. The third-order valence-corrected chi connectivity index (χ3v) is 3.04. The SMILES string of the molecule is Cc1ccccc1CNc1cc(C(F)(F)F)cc(Cl)n1. The van der Waals surface area contributed by atoms with Crippen LogP contribution in [-0.2, 0) is 12.7 Å². The van der Waals surface area contributed by atoms with Gasteiger partial charge in [0.15, 0.2) is 0 Å². The molecule has 6 heteroatoms. The normalized spacial score (nSPS) is 11.4. The van der Waals surface area contributed by atoms with Crippen molar-refractivity contribution in [2.75, 3.05) is 5.32 Å². The van der Waals surface area contributed by atoms with Crippen LogP contribution in [0, 0.1) is 6.92 Å². The van der Waals surface area contributed by atoms with Crippen LogP contribution in [0.1, 0.15) is 16.7 Å². The Morgan fingerprint density at radius 1 is 1.20 bits per heavy atom. The van der Waals surface area contributed by atoms with Gasteiger partial charge in [-0.05, 0) is 30.2 Å². The number of alkyl halides is 3. The smallest absolute Gasteiger partial charge is 0.366 e. The summed E-state index contributed by atoms with van der Waals surface area (Å²) in [5, 5.41) is 2.67. The highest BCUT2D eigenvalue weighted by Crippen LogP contribution is 2.32. The molecule has 0 aliphatic carbocycles. The van der Waals surface area contributed by atoms with Crippen molar-refractivity contribution in [3.05, 3.63) is 58.2 Å². The lowest BCUT2D eigenvalue weighted by Crippen LogP contribution is -2.08. The monoisotopic (exact) mass is 300 g/mol. The van der Waals surface area contributed by atoms with Crippen LogP contribution in [0.2, 0.25) is 5.15 Å². The number of hydrogen-bond acceptors (Lipinski definition) is 2. The van der Waals surface area contributed by atoms with Crippen LogP contribution in [0.4, 0.5) is 19.0 Å². The van der Waals surface area contributed by atoms with Crippen LogP contribution in [-0.4, -0.2) is 4.98 Å². The van der Waals surface area contributed by atoms with Crippen LogP contribution in [0.15, 0.2) is 36.4 Å². The summed E-state index contributed by atoms with van der Waals surface area (Å²) in [5.41, 5.74) is 1.23. The maximum atomic E-state index is 12.7. The maximum absolute atomic E-state index is 12.7. The Balaban J connectivity index is 2.18. The molecular formula is C14H12ClF3N2. The number of hydrogen-bond donors (Lipinski definition) is 1. The minimum absolute atomic E-state index is 0.105. The van der Waals surface area contributed by atoms with Crippen LogP contribution >= 0.6 is 11.6 Å². The van der Waals surface area contributed by atoms with Gasteiger partial charge in [0, 0.05) is 6.54 Å². The van der Waals surface area contributed by atoms with E-state index in [9.17, 15) is 13.2 Å². The van der Waals surface area contributed by atoms with Gasteiger partial charge in [-0.2, -0.15) is 13.2 Å². The number of nitrogens with one attached hydrogen (secondary N) is 1. The van der Waals surface area contributed by atoms with E-state index < -0.39 is 11.7 Å². The molecule has 20 heavy (non-hydrogen) atoms. The van der Waals surface area contributed by atoms with Crippen molar-refractivity contribution < 1.29 is 13.2 Å². The number of nitrogens with zero attached hydrogens (tertiary/aromatic N) is 1. The van der Waals surface area contributed by atoms with Crippen molar-refractivity contribution in [1.82, 2.24) is 4.98 Å². The summed E-state index contributed by atoms with van der Waals surface area (Å²) in [4.78, 5) is 3.85. The van der Waals surface area contributed by atoms with Crippen LogP contribution in [0.3, 0.4) is 0 Å². The third-order valence-electron chi connectivity index (χ3n) is 2.84. The van der Waals surface area contributed by atoms with Gasteiger partial charge < -0.3 is 5.32 Å². The van der Waals surface area contributed by atoms with Gasteiger partial charge in [0.05, 0.1) is 5.56 Å². The Kier molecular flexibility index (Phi) is 4.18. The molecule has 0 unspecified atom stereocenters. The van der Waals surface area contributed by atoms with E-state index in [1.54, 1.807) is 0 Å². The van der Waals surface area contributed by atoms with E-state index in [0.717, 1.165) is 23.3 Å². The lowest BCUT2D eigenvalue weighted by Gasteiger charge is -2.11. The molecule has 0 bridgehead atoms. The number of halogens is 4. The van der Waals surface area contributed by atoms with Crippen LogP contribution in [0.25, 0.3) is 0 Å². The average molecular weight is 301 g/mol. The molecule has 106 valence electrons. The van der Waals surface area contributed by atoms with Gasteiger partial charge >= 0.3 is 6.18 Å². The van der Waals surface area contributed by atoms with E-state index in [1.165, 1.54) is 0 Å². The zero-order chi connectivity index (χ0) is 14.8. The highest BCUT2D eigenvalue weighted by molar-refractivity contribution is 6.29. The first kappa shape index (κ1) is 14.7. The highest BCUT2D eigenvalue weighted by atomic mass is 35.5. The molecule has 1 aromatic carbocycles. The fourth-order valence-corrected chi connectivity index (χ4v) is 1.95. The van der Waals surface area contributed by atoms with E-state index in [0.29, 0.717) is 6.54 Å². The number of rotatable bonds is 3. The van der Waals surface area contributed by atoms with Gasteiger partial charge in [0.25, 0.3) is 0 Å². The van der Waals surface area contributed by atoms with Crippen molar-refractivity contribution in [1.29, 1.82) is 0 Å². The molecule has 0 saturated carbocycles. The topological polar surface area (TPSA) is 24.9 Å². The van der Waals surface area contributed by atoms with Gasteiger partial charge in [-0.3, -0.25) is 0 Å². The molecule has 0 spiro atoms. The molecule has 1 aromatic heterocycles. The molecule has 0 aliphatic rings. The first-order valence-electron chi connectivity index (χ1n) is 5.89. The third kappa shape index (κ3) is 3.63. The summed E-state index contributed by atoms with van der Waals surface area (Å²) in [6, 6.07) is 9.36. The Bertz CT molecular complexity index is 612. The molecule has 0 saturated heterocycles. The Labute approximate surface area is 119 Å². The summed E-state index contributed by atoms with van der Waals surface area (Å²) >= 11 is 5.62. The quantitative estimate of drug-likeness (QED) is 0.833. The minimum Gasteiger partial charge on any atom is -0.366 e. The van der Waals surface area contributed by atoms with Crippen molar-refractivity contribution in [3.8, 4) is 0 Å². The molecule has 0 fully saturated rings. The van der Waals surface area contributed by atoms with E-state index in [2.05, 4.69) is 10.3 Å². The molecule has 0 radical (unpaired) electrons. The van der Waals surface area contributed by atoms with E-state index >= 15 is 0 Å². The summed E-state index contributed by atoms with van der Waals surface area (Å²) in [6.07, 6.45) is -4.44. The largest absolute Gasteiger partial charge is 0.416 e. The molecule has 2 nitrogen and oxygen atoms in total. The van der Waals surface area contributed by atoms with Crippen molar-refractivity contribution in [2.45, 2.75) is 19.6 Å². The zero-order valence-corrected chi connectivity index (χ0v) is 11.4. The second-order valence-corrected chi connectivity index (χ2v) is 4.73. The second-order valence-electron chi connectivity index (χ2n) is 4.34. The summed E-state index contributed by atoms with van der Waals surface area (Å²) < 4.78 is 38.0. The fraction of sp³-hybridized carbons (Fsp3) is 0.214. The molecule has 1 heterocycles. The predicted octanol–water partition coefficient (Wildman–Crippen LogP) is 4.67. The molecule has 2 aromatic rings. The van der Waals surface area contributed by atoms with Gasteiger partial charge in [-0.15, -0.1) is 0 Å². The second kappa shape index (κ2) is 5.71. The number of aromatic nitrogens is 1. The van der Waals surface area contributed by atoms with Crippen molar-refractivity contribution >= 4 is 17.4 Å². The van der Waals surface area contributed by atoms with Crippen molar-refractivity contribution in [2.24, 2.45) is 0 Å². The average Bonchev–Trinajstić information content (AvgIpc) is 2.36. The number of pyridine rings is 1. The summed E-state index contributed by atoms with van der Waals surface area (Å²) in [7, 11) is 0. The van der Waals surface area contributed by atoms with Gasteiger partial charge in [-0.1, -0.05) is 35.9 Å². The van der Waals surface area contributed by atoms with Crippen LogP contribution in [0.5, 0.6) is 0 Å². The first-order valence-corrected chi connectivity index (χ1v) is 6.27. The van der Waals surface area contributed by atoms with E-state index in [4.69, 9.17) is 11.6 Å². The Hall–Kier alpha value is -1.75. The summed E-state index contributed by atoms with van der Waals surface area (Å²) in [6.45, 7) is 2.32. The highest BCUT2D eigenvalue weighted by Gasteiger charge is 2.31. The van der Waals surface area contributed by atoms with E-state index in [-0.39, 0.29) is 11.0 Å². The molecule has 0 aliphatic heterocycles. The molecule has 2 rings (SSSR count). The Morgan fingerprint density at radius 3 is 2.55 bits per heavy atom. The maximum Gasteiger partial charge on any atom is 0.416 e. The number of benzene rings is 1. The lowest BCUT2D eigenvalue weighted by atomic mass is 10.1. The van der Waals surface area contributed by atoms with Gasteiger partial charge in [0.1, 0.15) is 11.0 Å². The standard InChI is InChI=1S/C14H12ClF3N2/c1-9-4-2-3-5-10(9)8-19-13-7-11(14(16,17)18)6-12(15)20-13/h2-7H,8H2,1H3,(H,19,20). The Morgan fingerprint density at radius 2 is 1.90 bits per heavy atom. The summed E-state index contributed by atoms with van der Waals surface area (Å²) in [5.74, 6) is 0.105. The van der Waals surface area contributed by atoms with Crippen molar-refractivity contribution in [3.63, 3.8) is 0 Å². The molecule has 0 atom stereocenters. The number of anilines is 1. The fourth-order valence-electron chi connectivity index (χ4n) is 1.75. The molecule has 0 amide bonds. The van der Waals surface area contributed by atoms with E-state index in [1.807, 2.05) is 31.2 Å². The number of aryl methyl sites for hydroxylation is 1. The van der Waals surface area contributed by atoms with Gasteiger partial charge in [0.2, 0.25) is 0 Å². The first-order chi connectivity index (χ1) is 9.36. The molecule has 1 N–H and O–H groups in total. The lowest BCUT2D eigenvalue weighted by molar-refractivity contribution is -0.137. The van der Waals surface area contributed by atoms with Crippen LogP contribution < -0.4 is 5.32 Å².